The molecule has 5 nitrogen and oxygen atoms in total. The van der Waals surface area contributed by atoms with Crippen LogP contribution >= 0.6 is 0 Å². The van der Waals surface area contributed by atoms with Crippen LogP contribution < -0.4 is 9.62 Å². The summed E-state index contributed by atoms with van der Waals surface area (Å²) < 4.78 is 51.8. The van der Waals surface area contributed by atoms with Gasteiger partial charge in [0.05, 0.1) is 11.9 Å². The first-order valence-corrected chi connectivity index (χ1v) is 11.2. The fraction of sp³-hybridized carbons (Fsp3) is 0.381. The molecule has 0 aliphatic rings. The Labute approximate surface area is 170 Å². The molecule has 0 unspecified atom stereocenters. The average Bonchev–Trinajstić information content (AvgIpc) is 2.61. The maximum atomic E-state index is 13.5. The zero-order valence-electron chi connectivity index (χ0n) is 17.0. The maximum Gasteiger partial charge on any atom is 0.232 e. The van der Waals surface area contributed by atoms with Gasteiger partial charge in [-0.05, 0) is 42.5 Å². The molecular weight excluding hydrogens is 398 g/mol. The van der Waals surface area contributed by atoms with Gasteiger partial charge in [0.2, 0.25) is 15.9 Å². The number of benzene rings is 2. The molecule has 0 saturated heterocycles. The fourth-order valence-electron chi connectivity index (χ4n) is 3.05. The zero-order chi connectivity index (χ0) is 21.8. The number of hydrogen-bond acceptors (Lipinski definition) is 3. The monoisotopic (exact) mass is 424 g/mol. The Morgan fingerprint density at radius 2 is 1.83 bits per heavy atom. The standard InChI is InChI=1S/C21H26F2N2O3S/c1-14(2)17-8-5-7-15(3)21(17)24-20(26)9-6-12-25(29(4,27)28)16-10-11-18(22)19(23)13-16/h5,7-8,10-11,13-14H,6,9,12H2,1-4H3,(H,24,26). The van der Waals surface area contributed by atoms with Crippen LogP contribution in [0.15, 0.2) is 36.4 Å². The van der Waals surface area contributed by atoms with Crippen molar-refractivity contribution in [2.75, 3.05) is 22.4 Å². The number of halogens is 2. The number of aryl methyl sites for hydroxylation is 1. The first-order chi connectivity index (χ1) is 13.5. The van der Waals surface area contributed by atoms with Gasteiger partial charge in [-0.25, -0.2) is 17.2 Å². The van der Waals surface area contributed by atoms with E-state index in [1.807, 2.05) is 39.0 Å². The highest BCUT2D eigenvalue weighted by Gasteiger charge is 2.19. The van der Waals surface area contributed by atoms with Crippen molar-refractivity contribution in [3.05, 3.63) is 59.2 Å². The highest BCUT2D eigenvalue weighted by atomic mass is 32.2. The Hall–Kier alpha value is -2.48. The Balaban J connectivity index is 2.07. The molecule has 8 heteroatoms. The second-order valence-corrected chi connectivity index (χ2v) is 9.19. The van der Waals surface area contributed by atoms with E-state index in [0.717, 1.165) is 39.5 Å². The molecule has 2 rings (SSSR count). The first kappa shape index (κ1) is 22.8. The van der Waals surface area contributed by atoms with Crippen LogP contribution in [0.1, 0.15) is 43.7 Å². The topological polar surface area (TPSA) is 66.5 Å². The number of carbonyl (C=O) groups is 1. The molecular formula is C21H26F2N2O3S. The Morgan fingerprint density at radius 3 is 2.41 bits per heavy atom. The summed E-state index contributed by atoms with van der Waals surface area (Å²) in [5, 5.41) is 2.91. The summed E-state index contributed by atoms with van der Waals surface area (Å²) in [5.41, 5.74) is 2.77. The minimum atomic E-state index is -3.72. The summed E-state index contributed by atoms with van der Waals surface area (Å²) in [6, 6.07) is 8.71. The molecule has 0 bridgehead atoms. The molecule has 0 saturated carbocycles. The Bertz CT molecular complexity index is 991. The minimum Gasteiger partial charge on any atom is -0.326 e. The second kappa shape index (κ2) is 9.35. The molecule has 0 radical (unpaired) electrons. The van der Waals surface area contributed by atoms with Crippen LogP contribution in [0.5, 0.6) is 0 Å². The molecule has 0 spiro atoms. The lowest BCUT2D eigenvalue weighted by Crippen LogP contribution is -2.31. The second-order valence-electron chi connectivity index (χ2n) is 7.28. The van der Waals surface area contributed by atoms with Crippen molar-refractivity contribution < 1.29 is 22.0 Å². The van der Waals surface area contributed by atoms with E-state index in [-0.39, 0.29) is 36.9 Å². The maximum absolute atomic E-state index is 13.5. The van der Waals surface area contributed by atoms with Crippen LogP contribution in [-0.2, 0) is 14.8 Å². The third-order valence-electron chi connectivity index (χ3n) is 4.55. The summed E-state index contributed by atoms with van der Waals surface area (Å²) in [6.07, 6.45) is 1.29. The van der Waals surface area contributed by atoms with E-state index >= 15 is 0 Å². The highest BCUT2D eigenvalue weighted by Crippen LogP contribution is 2.27. The number of nitrogens with one attached hydrogen (secondary N) is 1. The van der Waals surface area contributed by atoms with Crippen molar-refractivity contribution in [3.8, 4) is 0 Å². The lowest BCUT2D eigenvalue weighted by molar-refractivity contribution is -0.116. The SMILES string of the molecule is Cc1cccc(C(C)C)c1NC(=O)CCCN(c1ccc(F)c(F)c1)S(C)(=O)=O. The Kier molecular flexibility index (Phi) is 7.35. The van der Waals surface area contributed by atoms with E-state index in [9.17, 15) is 22.0 Å². The number of carbonyl (C=O) groups excluding carboxylic acids is 1. The summed E-state index contributed by atoms with van der Waals surface area (Å²) in [5.74, 6) is -2.19. The van der Waals surface area contributed by atoms with E-state index in [4.69, 9.17) is 0 Å². The van der Waals surface area contributed by atoms with Crippen LogP contribution in [0.3, 0.4) is 0 Å². The van der Waals surface area contributed by atoms with Crippen molar-refractivity contribution >= 4 is 27.3 Å². The van der Waals surface area contributed by atoms with Gasteiger partial charge in [0.15, 0.2) is 11.6 Å². The summed E-state index contributed by atoms with van der Waals surface area (Å²) in [4.78, 5) is 12.4. The molecule has 29 heavy (non-hydrogen) atoms. The van der Waals surface area contributed by atoms with Gasteiger partial charge < -0.3 is 5.32 Å². The van der Waals surface area contributed by atoms with Crippen LogP contribution in [0.4, 0.5) is 20.2 Å². The van der Waals surface area contributed by atoms with Gasteiger partial charge >= 0.3 is 0 Å². The molecule has 0 aromatic heterocycles. The molecule has 0 fully saturated rings. The van der Waals surface area contributed by atoms with E-state index in [1.165, 1.54) is 6.07 Å². The number of para-hydroxylation sites is 1. The van der Waals surface area contributed by atoms with E-state index in [2.05, 4.69) is 5.32 Å². The van der Waals surface area contributed by atoms with Crippen molar-refractivity contribution in [2.45, 2.75) is 39.5 Å². The van der Waals surface area contributed by atoms with Crippen molar-refractivity contribution in [2.24, 2.45) is 0 Å². The molecule has 0 atom stereocenters. The molecule has 1 amide bonds. The summed E-state index contributed by atoms with van der Waals surface area (Å²) in [7, 11) is -3.72. The van der Waals surface area contributed by atoms with Crippen LogP contribution in [0.2, 0.25) is 0 Å². The fourth-order valence-corrected chi connectivity index (χ4v) is 4.01. The quantitative estimate of drug-likeness (QED) is 0.674. The molecule has 0 heterocycles. The number of hydrogen-bond donors (Lipinski definition) is 1. The first-order valence-electron chi connectivity index (χ1n) is 9.33. The Morgan fingerprint density at radius 1 is 1.14 bits per heavy atom. The zero-order valence-corrected chi connectivity index (χ0v) is 17.8. The number of rotatable bonds is 8. The lowest BCUT2D eigenvalue weighted by Gasteiger charge is -2.22. The molecule has 0 aliphatic carbocycles. The van der Waals surface area contributed by atoms with Gasteiger partial charge in [-0.1, -0.05) is 32.0 Å². The molecule has 2 aromatic rings. The third-order valence-corrected chi connectivity index (χ3v) is 5.74. The van der Waals surface area contributed by atoms with Crippen molar-refractivity contribution in [1.82, 2.24) is 0 Å². The summed E-state index contributed by atoms with van der Waals surface area (Å²) in [6.45, 7) is 5.96. The van der Waals surface area contributed by atoms with Crippen LogP contribution in [-0.4, -0.2) is 27.1 Å². The lowest BCUT2D eigenvalue weighted by atomic mass is 9.98. The van der Waals surface area contributed by atoms with Crippen molar-refractivity contribution in [1.29, 1.82) is 0 Å². The molecule has 0 aliphatic heterocycles. The summed E-state index contributed by atoms with van der Waals surface area (Å²) >= 11 is 0. The van der Waals surface area contributed by atoms with Crippen LogP contribution in [0, 0.1) is 18.6 Å². The number of nitrogens with zero attached hydrogens (tertiary/aromatic N) is 1. The van der Waals surface area contributed by atoms with Gasteiger partial charge in [-0.2, -0.15) is 0 Å². The molecule has 158 valence electrons. The van der Waals surface area contributed by atoms with E-state index < -0.39 is 21.7 Å². The van der Waals surface area contributed by atoms with Gasteiger partial charge in [0.1, 0.15) is 0 Å². The molecule has 1 N–H and O–H groups in total. The van der Waals surface area contributed by atoms with Gasteiger partial charge in [0.25, 0.3) is 0 Å². The number of anilines is 2. The largest absolute Gasteiger partial charge is 0.326 e. The normalized spacial score (nSPS) is 11.6. The van der Waals surface area contributed by atoms with Crippen molar-refractivity contribution in [3.63, 3.8) is 0 Å². The van der Waals surface area contributed by atoms with E-state index in [1.54, 1.807) is 0 Å². The average molecular weight is 425 g/mol. The van der Waals surface area contributed by atoms with Gasteiger partial charge in [0, 0.05) is 24.7 Å². The smallest absolute Gasteiger partial charge is 0.232 e. The third kappa shape index (κ3) is 6.00. The predicted octanol–water partition coefficient (Wildman–Crippen LogP) is 4.58. The minimum absolute atomic E-state index is 0.0211. The highest BCUT2D eigenvalue weighted by molar-refractivity contribution is 7.92. The van der Waals surface area contributed by atoms with Gasteiger partial charge in [-0.3, -0.25) is 9.10 Å². The van der Waals surface area contributed by atoms with Gasteiger partial charge in [-0.15, -0.1) is 0 Å². The number of amides is 1. The van der Waals surface area contributed by atoms with Crippen LogP contribution in [0.25, 0.3) is 0 Å². The predicted molar refractivity (Wildman–Crippen MR) is 112 cm³/mol. The number of sulfonamides is 1. The van der Waals surface area contributed by atoms with E-state index in [0.29, 0.717) is 0 Å². The molecule has 2 aromatic carbocycles.